The van der Waals surface area contributed by atoms with Crippen molar-refractivity contribution in [3.05, 3.63) is 12.2 Å². The Balaban J connectivity index is 2.40. The predicted molar refractivity (Wildman–Crippen MR) is 238 cm³/mol. The number of ether oxygens (including phenoxy) is 2. The summed E-state index contributed by atoms with van der Waals surface area (Å²) >= 11 is 0. The first-order valence-electron chi connectivity index (χ1n) is 24.6. The van der Waals surface area contributed by atoms with E-state index in [1.54, 1.807) is 0 Å². The van der Waals surface area contributed by atoms with Crippen LogP contribution in [0, 0.1) is 0 Å². The van der Waals surface area contributed by atoms with Gasteiger partial charge in [0.15, 0.2) is 6.29 Å². The Morgan fingerprint density at radius 3 is 1.46 bits per heavy atom. The molecule has 1 saturated heterocycles. The van der Waals surface area contributed by atoms with Gasteiger partial charge in [-0.1, -0.05) is 193 Å². The molecule has 1 heterocycles. The number of allylic oxidation sites excluding steroid dienone is 2. The third-order valence-corrected chi connectivity index (χ3v) is 12.1. The van der Waals surface area contributed by atoms with Crippen molar-refractivity contribution in [2.24, 2.45) is 0 Å². The van der Waals surface area contributed by atoms with Crippen LogP contribution in [-0.4, -0.2) is 110 Å². The number of amides is 1. The molecule has 1 rings (SSSR count). The molecule has 1 aliphatic rings. The van der Waals surface area contributed by atoms with Gasteiger partial charge in [0.1, 0.15) is 36.6 Å². The lowest BCUT2D eigenvalue weighted by atomic mass is 9.98. The zero-order chi connectivity index (χ0) is 43.4. The first-order valence-corrected chi connectivity index (χ1v) is 24.6. The van der Waals surface area contributed by atoms with Crippen LogP contribution in [0.2, 0.25) is 0 Å². The minimum Gasteiger partial charge on any atom is -0.394 e. The Labute approximate surface area is 360 Å². The maximum absolute atomic E-state index is 13.1. The molecule has 0 aromatic heterocycles. The molecule has 0 radical (unpaired) electrons. The molecule has 350 valence electrons. The molecule has 0 aromatic carbocycles. The van der Waals surface area contributed by atoms with Crippen molar-refractivity contribution < 1.29 is 50.0 Å². The fraction of sp³-hybridized carbons (Fsp3) is 0.938. The van der Waals surface area contributed by atoms with Crippen LogP contribution in [0.3, 0.4) is 0 Å². The van der Waals surface area contributed by atoms with Crippen molar-refractivity contribution in [3.8, 4) is 0 Å². The van der Waals surface area contributed by atoms with E-state index >= 15 is 0 Å². The molecule has 0 spiro atoms. The van der Waals surface area contributed by atoms with E-state index in [-0.39, 0.29) is 12.8 Å². The van der Waals surface area contributed by atoms with Crippen LogP contribution in [0.1, 0.15) is 219 Å². The first kappa shape index (κ1) is 55.9. The van der Waals surface area contributed by atoms with Gasteiger partial charge in [0.2, 0.25) is 5.91 Å². The number of aliphatic hydroxyl groups is 7. The Morgan fingerprint density at radius 2 is 1.00 bits per heavy atom. The smallest absolute Gasteiger partial charge is 0.249 e. The summed E-state index contributed by atoms with van der Waals surface area (Å²) in [5.74, 6) is -0.706. The lowest BCUT2D eigenvalue weighted by Crippen LogP contribution is -2.60. The summed E-state index contributed by atoms with van der Waals surface area (Å²) in [5, 5.41) is 75.6. The molecular weight excluding hydrogens is 751 g/mol. The van der Waals surface area contributed by atoms with Crippen LogP contribution in [0.25, 0.3) is 0 Å². The molecule has 9 unspecified atom stereocenters. The molecule has 8 N–H and O–H groups in total. The van der Waals surface area contributed by atoms with E-state index in [1.165, 1.54) is 141 Å². The first-order chi connectivity index (χ1) is 28.7. The van der Waals surface area contributed by atoms with E-state index in [1.807, 2.05) is 0 Å². The van der Waals surface area contributed by atoms with Crippen LogP contribution in [0.5, 0.6) is 0 Å². The van der Waals surface area contributed by atoms with E-state index in [0.717, 1.165) is 38.5 Å². The Kier molecular flexibility index (Phi) is 36.5. The van der Waals surface area contributed by atoms with Gasteiger partial charge in [0.05, 0.1) is 25.4 Å². The van der Waals surface area contributed by atoms with E-state index < -0.39 is 74.2 Å². The number of aliphatic hydroxyl groups excluding tert-OH is 7. The third kappa shape index (κ3) is 28.2. The predicted octanol–water partition coefficient (Wildman–Crippen LogP) is 8.45. The number of nitrogens with one attached hydrogen (secondary N) is 1. The van der Waals surface area contributed by atoms with Crippen LogP contribution in [0.15, 0.2) is 12.2 Å². The van der Waals surface area contributed by atoms with E-state index in [0.29, 0.717) is 12.8 Å². The highest BCUT2D eigenvalue weighted by molar-refractivity contribution is 5.80. The summed E-state index contributed by atoms with van der Waals surface area (Å²) in [6.45, 7) is 3.42. The molecule has 59 heavy (non-hydrogen) atoms. The number of unbranched alkanes of at least 4 members (excludes halogenated alkanes) is 27. The van der Waals surface area contributed by atoms with Crippen LogP contribution < -0.4 is 5.32 Å². The molecule has 0 bridgehead atoms. The summed E-state index contributed by atoms with van der Waals surface area (Å²) in [6.07, 6.45) is 29.9. The zero-order valence-electron chi connectivity index (χ0n) is 37.7. The van der Waals surface area contributed by atoms with Crippen molar-refractivity contribution >= 4 is 5.91 Å². The molecule has 0 saturated carbocycles. The van der Waals surface area contributed by atoms with E-state index in [2.05, 4.69) is 31.3 Å². The van der Waals surface area contributed by atoms with Crippen LogP contribution in [-0.2, 0) is 14.3 Å². The Hall–Kier alpha value is -1.15. The molecule has 9 atom stereocenters. The SMILES string of the molecule is CCCCCCCCCCCCCCCCCC/C=C/CCCC(O)C(O)C(COC1OC(CO)C(O)C(O)C1O)NC(=O)C(O)CCCCCCCCCCCCC. The molecule has 1 fully saturated rings. The summed E-state index contributed by atoms with van der Waals surface area (Å²) in [7, 11) is 0. The summed E-state index contributed by atoms with van der Waals surface area (Å²) in [4.78, 5) is 13.1. The topological polar surface area (TPSA) is 189 Å². The second kappa shape index (κ2) is 38.5. The minimum absolute atomic E-state index is 0.258. The lowest BCUT2D eigenvalue weighted by molar-refractivity contribution is -0.303. The average molecular weight is 844 g/mol. The zero-order valence-corrected chi connectivity index (χ0v) is 37.7. The number of rotatable bonds is 41. The second-order valence-electron chi connectivity index (χ2n) is 17.5. The summed E-state index contributed by atoms with van der Waals surface area (Å²) in [5.41, 5.74) is 0. The monoisotopic (exact) mass is 844 g/mol. The molecule has 11 nitrogen and oxygen atoms in total. The maximum atomic E-state index is 13.1. The molecule has 1 amide bonds. The lowest BCUT2D eigenvalue weighted by Gasteiger charge is -2.40. The largest absolute Gasteiger partial charge is 0.394 e. The van der Waals surface area contributed by atoms with Gasteiger partial charge in [0, 0.05) is 0 Å². The highest BCUT2D eigenvalue weighted by atomic mass is 16.7. The number of hydrogen-bond acceptors (Lipinski definition) is 10. The molecule has 0 aliphatic carbocycles. The normalized spacial score (nSPS) is 21.8. The molecular formula is C48H93NO10. The molecule has 0 aromatic rings. The van der Waals surface area contributed by atoms with Crippen LogP contribution in [0.4, 0.5) is 0 Å². The second-order valence-corrected chi connectivity index (χ2v) is 17.5. The van der Waals surface area contributed by atoms with Gasteiger partial charge in [-0.3, -0.25) is 4.79 Å². The molecule has 1 aliphatic heterocycles. The Bertz CT molecular complexity index is 970. The van der Waals surface area contributed by atoms with Gasteiger partial charge in [-0.25, -0.2) is 0 Å². The number of carbonyl (C=O) groups is 1. The summed E-state index contributed by atoms with van der Waals surface area (Å²) < 4.78 is 11.1. The summed E-state index contributed by atoms with van der Waals surface area (Å²) in [6, 6.07) is -1.18. The Morgan fingerprint density at radius 1 is 0.576 bits per heavy atom. The van der Waals surface area contributed by atoms with E-state index in [9.17, 15) is 40.5 Å². The maximum Gasteiger partial charge on any atom is 0.249 e. The van der Waals surface area contributed by atoms with Crippen molar-refractivity contribution in [1.29, 1.82) is 0 Å². The van der Waals surface area contributed by atoms with Crippen molar-refractivity contribution in [2.75, 3.05) is 13.2 Å². The van der Waals surface area contributed by atoms with Crippen LogP contribution >= 0.6 is 0 Å². The number of carbonyl (C=O) groups excluding carboxylic acids is 1. The quantitative estimate of drug-likeness (QED) is 0.0219. The van der Waals surface area contributed by atoms with Gasteiger partial charge < -0.3 is 50.5 Å². The highest BCUT2D eigenvalue weighted by Crippen LogP contribution is 2.23. The van der Waals surface area contributed by atoms with Gasteiger partial charge in [0.25, 0.3) is 0 Å². The average Bonchev–Trinajstić information content (AvgIpc) is 3.23. The van der Waals surface area contributed by atoms with Gasteiger partial charge in [-0.2, -0.15) is 0 Å². The van der Waals surface area contributed by atoms with E-state index in [4.69, 9.17) is 9.47 Å². The highest BCUT2D eigenvalue weighted by Gasteiger charge is 2.44. The van der Waals surface area contributed by atoms with Crippen molar-refractivity contribution in [2.45, 2.75) is 274 Å². The fourth-order valence-corrected chi connectivity index (χ4v) is 7.97. The van der Waals surface area contributed by atoms with Gasteiger partial charge in [-0.15, -0.1) is 0 Å². The van der Waals surface area contributed by atoms with Gasteiger partial charge in [-0.05, 0) is 38.5 Å². The third-order valence-electron chi connectivity index (χ3n) is 12.1. The van der Waals surface area contributed by atoms with Crippen molar-refractivity contribution in [1.82, 2.24) is 5.32 Å². The van der Waals surface area contributed by atoms with Crippen molar-refractivity contribution in [3.63, 3.8) is 0 Å². The molecule has 11 heteroatoms. The standard InChI is InChI=1S/C48H93NO10/c1-3-5-7-9-11-13-15-16-17-18-19-20-21-22-23-24-26-27-29-31-33-35-40(51)43(53)39(38-58-48-46(56)45(55)44(54)42(37-50)59-48)49-47(57)41(52)36-34-32-30-28-25-14-12-10-8-6-4-2/h27,29,39-46,48,50-56H,3-26,28,30-38H2,1-2H3,(H,49,57)/b29-27+. The minimum atomic E-state index is -1.66. The van der Waals surface area contributed by atoms with Gasteiger partial charge >= 0.3 is 0 Å². The fourth-order valence-electron chi connectivity index (χ4n) is 7.97. The number of hydrogen-bond donors (Lipinski definition) is 8.